The molecule has 0 fully saturated rings. The zero-order valence-corrected chi connectivity index (χ0v) is 16.9. The highest BCUT2D eigenvalue weighted by Crippen LogP contribution is 2.40. The van der Waals surface area contributed by atoms with Crippen LogP contribution >= 0.6 is 0 Å². The van der Waals surface area contributed by atoms with Crippen LogP contribution in [0.25, 0.3) is 16.6 Å². The SMILES string of the molecule is COc1ccc(NCC(O)(c2ccc3c(cnn3-c3ccc(F)cc3)c2)C(F)(F)F)cc1. The Morgan fingerprint density at radius 3 is 2.31 bits per heavy atom. The number of anilines is 1. The number of rotatable bonds is 6. The molecular formula is C23H19F4N3O2. The second-order valence-corrected chi connectivity index (χ2v) is 7.25. The highest BCUT2D eigenvalue weighted by Gasteiger charge is 2.55. The van der Waals surface area contributed by atoms with Gasteiger partial charge in [-0.15, -0.1) is 0 Å². The lowest BCUT2D eigenvalue weighted by molar-refractivity contribution is -0.260. The molecule has 1 aromatic heterocycles. The Kier molecular flexibility index (Phi) is 5.52. The van der Waals surface area contributed by atoms with Gasteiger partial charge in [-0.3, -0.25) is 0 Å². The molecule has 0 aliphatic heterocycles. The molecule has 4 aromatic rings. The Morgan fingerprint density at radius 1 is 1.00 bits per heavy atom. The van der Waals surface area contributed by atoms with Gasteiger partial charge in [-0.2, -0.15) is 18.3 Å². The lowest BCUT2D eigenvalue weighted by Gasteiger charge is -2.31. The Morgan fingerprint density at radius 2 is 1.69 bits per heavy atom. The Labute approximate surface area is 180 Å². The average molecular weight is 445 g/mol. The largest absolute Gasteiger partial charge is 0.497 e. The molecule has 0 aliphatic carbocycles. The van der Waals surface area contributed by atoms with Gasteiger partial charge in [0.15, 0.2) is 0 Å². The van der Waals surface area contributed by atoms with E-state index in [9.17, 15) is 22.7 Å². The predicted molar refractivity (Wildman–Crippen MR) is 112 cm³/mol. The number of benzene rings is 3. The van der Waals surface area contributed by atoms with Crippen LogP contribution in [0.3, 0.4) is 0 Å². The lowest BCUT2D eigenvalue weighted by atomic mass is 9.92. The molecule has 0 spiro atoms. The minimum absolute atomic E-state index is 0.322. The van der Waals surface area contributed by atoms with Crippen LogP contribution < -0.4 is 10.1 Å². The summed E-state index contributed by atoms with van der Waals surface area (Å²) in [5, 5.41) is 18.0. The molecule has 0 radical (unpaired) electrons. The number of methoxy groups -OCH3 is 1. The third-order valence-corrected chi connectivity index (χ3v) is 5.22. The van der Waals surface area contributed by atoms with Gasteiger partial charge >= 0.3 is 6.18 Å². The Hall–Kier alpha value is -3.59. The van der Waals surface area contributed by atoms with Crippen molar-refractivity contribution in [2.24, 2.45) is 0 Å². The van der Waals surface area contributed by atoms with E-state index >= 15 is 0 Å². The summed E-state index contributed by atoms with van der Waals surface area (Å²) < 4.78 is 61.6. The van der Waals surface area contributed by atoms with Gasteiger partial charge in [0.05, 0.1) is 31.1 Å². The number of aromatic nitrogens is 2. The van der Waals surface area contributed by atoms with Gasteiger partial charge in [0.2, 0.25) is 5.60 Å². The summed E-state index contributed by atoms with van der Waals surface area (Å²) in [6.45, 7) is -0.791. The van der Waals surface area contributed by atoms with E-state index in [0.29, 0.717) is 28.0 Å². The van der Waals surface area contributed by atoms with Crippen LogP contribution in [0.5, 0.6) is 5.75 Å². The van der Waals surface area contributed by atoms with Crippen LogP contribution in [0.15, 0.2) is 72.9 Å². The minimum Gasteiger partial charge on any atom is -0.497 e. The fourth-order valence-corrected chi connectivity index (χ4v) is 3.38. The molecule has 166 valence electrons. The van der Waals surface area contributed by atoms with Gasteiger partial charge < -0.3 is 15.2 Å². The monoisotopic (exact) mass is 445 g/mol. The van der Waals surface area contributed by atoms with E-state index in [1.807, 2.05) is 0 Å². The minimum atomic E-state index is -4.94. The van der Waals surface area contributed by atoms with E-state index in [0.717, 1.165) is 0 Å². The third-order valence-electron chi connectivity index (χ3n) is 5.22. The first-order chi connectivity index (χ1) is 15.2. The number of hydrogen-bond acceptors (Lipinski definition) is 4. The van der Waals surface area contributed by atoms with Gasteiger partial charge in [0.25, 0.3) is 0 Å². The third kappa shape index (κ3) is 3.99. The number of ether oxygens (including phenoxy) is 1. The van der Waals surface area contributed by atoms with Crippen molar-refractivity contribution in [2.45, 2.75) is 11.8 Å². The van der Waals surface area contributed by atoms with Crippen LogP contribution in [-0.4, -0.2) is 34.7 Å². The first-order valence-corrected chi connectivity index (χ1v) is 9.62. The quantitative estimate of drug-likeness (QED) is 0.409. The highest BCUT2D eigenvalue weighted by atomic mass is 19.4. The first kappa shape index (κ1) is 21.6. The van der Waals surface area contributed by atoms with Crippen LogP contribution in [0, 0.1) is 5.82 Å². The van der Waals surface area contributed by atoms with Gasteiger partial charge in [-0.25, -0.2) is 9.07 Å². The molecule has 3 aromatic carbocycles. The van der Waals surface area contributed by atoms with Crippen molar-refractivity contribution in [3.05, 3.63) is 84.3 Å². The molecule has 1 unspecified atom stereocenters. The van der Waals surface area contributed by atoms with E-state index in [-0.39, 0.29) is 5.56 Å². The number of fused-ring (bicyclic) bond motifs is 1. The lowest BCUT2D eigenvalue weighted by Crippen LogP contribution is -2.47. The standard InChI is InChI=1S/C23H19F4N3O2/c1-32-20-9-5-18(6-10-20)28-14-22(31,23(25,26)27)16-2-11-21-15(12-16)13-29-30(21)19-7-3-17(24)4-8-19/h2-13,28,31H,14H2,1H3. The molecule has 9 heteroatoms. The van der Waals surface area contributed by atoms with Crippen molar-refractivity contribution in [1.29, 1.82) is 0 Å². The maximum atomic E-state index is 14.0. The van der Waals surface area contributed by atoms with Gasteiger partial charge in [0, 0.05) is 11.1 Å². The van der Waals surface area contributed by atoms with Crippen LogP contribution in [-0.2, 0) is 5.60 Å². The van der Waals surface area contributed by atoms with Gasteiger partial charge in [-0.05, 0) is 66.2 Å². The maximum Gasteiger partial charge on any atom is 0.423 e. The number of aliphatic hydroxyl groups is 1. The first-order valence-electron chi connectivity index (χ1n) is 9.62. The Bertz CT molecular complexity index is 1220. The van der Waals surface area contributed by atoms with Crippen LogP contribution in [0.1, 0.15) is 5.56 Å². The smallest absolute Gasteiger partial charge is 0.423 e. The number of hydrogen-bond donors (Lipinski definition) is 2. The molecule has 0 bridgehead atoms. The molecule has 1 atom stereocenters. The Balaban J connectivity index is 1.66. The fourth-order valence-electron chi connectivity index (χ4n) is 3.38. The number of alkyl halides is 3. The summed E-state index contributed by atoms with van der Waals surface area (Å²) in [6.07, 6.45) is -3.54. The summed E-state index contributed by atoms with van der Waals surface area (Å²) in [5.41, 5.74) is -1.98. The maximum absolute atomic E-state index is 14.0. The van der Waals surface area contributed by atoms with Gasteiger partial charge in [-0.1, -0.05) is 6.07 Å². The van der Waals surface area contributed by atoms with Crippen molar-refractivity contribution in [1.82, 2.24) is 9.78 Å². The number of halogens is 4. The summed E-state index contributed by atoms with van der Waals surface area (Å²) in [7, 11) is 1.49. The van der Waals surface area contributed by atoms with Crippen molar-refractivity contribution >= 4 is 16.6 Å². The molecule has 0 saturated heterocycles. The van der Waals surface area contributed by atoms with E-state index in [2.05, 4.69) is 10.4 Å². The van der Waals surface area contributed by atoms with Gasteiger partial charge in [0.1, 0.15) is 11.6 Å². The van der Waals surface area contributed by atoms with Crippen molar-refractivity contribution < 1.29 is 27.4 Å². The highest BCUT2D eigenvalue weighted by molar-refractivity contribution is 5.81. The molecule has 0 amide bonds. The fraction of sp³-hybridized carbons (Fsp3) is 0.174. The molecule has 0 aliphatic rings. The van der Waals surface area contributed by atoms with E-state index in [1.165, 1.54) is 60.5 Å². The van der Waals surface area contributed by atoms with Crippen LogP contribution in [0.4, 0.5) is 23.2 Å². The normalized spacial score (nSPS) is 13.7. The summed E-state index contributed by atoms with van der Waals surface area (Å²) >= 11 is 0. The van der Waals surface area contributed by atoms with Crippen molar-refractivity contribution in [3.63, 3.8) is 0 Å². The molecule has 2 N–H and O–H groups in total. The average Bonchev–Trinajstić information content (AvgIpc) is 3.21. The molecular weight excluding hydrogens is 426 g/mol. The predicted octanol–water partition coefficient (Wildman–Crippen LogP) is 5.04. The van der Waals surface area contributed by atoms with Crippen molar-refractivity contribution in [2.75, 3.05) is 19.0 Å². The zero-order chi connectivity index (χ0) is 22.9. The summed E-state index contributed by atoms with van der Waals surface area (Å²) in [5.74, 6) is 0.150. The van der Waals surface area contributed by atoms with Crippen molar-refractivity contribution in [3.8, 4) is 11.4 Å². The molecule has 0 saturated carbocycles. The zero-order valence-electron chi connectivity index (χ0n) is 16.9. The number of nitrogens with one attached hydrogen (secondary N) is 1. The van der Waals surface area contributed by atoms with E-state index in [1.54, 1.807) is 24.3 Å². The molecule has 5 nitrogen and oxygen atoms in total. The van der Waals surface area contributed by atoms with Crippen LogP contribution in [0.2, 0.25) is 0 Å². The summed E-state index contributed by atoms with van der Waals surface area (Å²) in [4.78, 5) is 0. The summed E-state index contributed by atoms with van der Waals surface area (Å²) in [6, 6.07) is 15.8. The molecule has 32 heavy (non-hydrogen) atoms. The number of nitrogens with zero attached hydrogens (tertiary/aromatic N) is 2. The molecule has 4 rings (SSSR count). The topological polar surface area (TPSA) is 59.3 Å². The van der Waals surface area contributed by atoms with E-state index in [4.69, 9.17) is 4.74 Å². The molecule has 1 heterocycles. The second kappa shape index (κ2) is 8.16. The van der Waals surface area contributed by atoms with E-state index < -0.39 is 24.1 Å². The second-order valence-electron chi connectivity index (χ2n) is 7.25.